The van der Waals surface area contributed by atoms with Crippen LogP contribution in [0, 0.1) is 13.8 Å². The highest BCUT2D eigenvalue weighted by Gasteiger charge is 2.15. The first-order valence-corrected chi connectivity index (χ1v) is 7.23. The summed E-state index contributed by atoms with van der Waals surface area (Å²) in [5, 5.41) is 2.85. The lowest BCUT2D eigenvalue weighted by Crippen LogP contribution is -2.25. The van der Waals surface area contributed by atoms with Crippen LogP contribution in [-0.2, 0) is 17.6 Å². The van der Waals surface area contributed by atoms with Gasteiger partial charge in [0.15, 0.2) is 6.61 Å². The minimum atomic E-state index is -0.0889. The third kappa shape index (κ3) is 3.07. The fourth-order valence-corrected chi connectivity index (χ4v) is 2.69. The topological polar surface area (TPSA) is 38.3 Å². The van der Waals surface area contributed by atoms with Crippen LogP contribution in [0.4, 0.5) is 5.69 Å². The SMILES string of the molecule is Cc1ccc(CCc2ccc3c(c2)NC(=O)CO3)c(C)c1. The molecule has 0 aromatic heterocycles. The number of nitrogens with one attached hydrogen (secondary N) is 1. The summed E-state index contributed by atoms with van der Waals surface area (Å²) in [4.78, 5) is 11.4. The number of rotatable bonds is 3. The summed E-state index contributed by atoms with van der Waals surface area (Å²) in [6.07, 6.45) is 1.95. The number of fused-ring (bicyclic) bond motifs is 1. The molecule has 3 nitrogen and oxygen atoms in total. The summed E-state index contributed by atoms with van der Waals surface area (Å²) in [5.74, 6) is 0.666. The molecule has 108 valence electrons. The minimum absolute atomic E-state index is 0.0889. The van der Waals surface area contributed by atoms with Crippen molar-refractivity contribution in [2.75, 3.05) is 11.9 Å². The van der Waals surface area contributed by atoms with E-state index in [1.165, 1.54) is 22.3 Å². The van der Waals surface area contributed by atoms with Crippen LogP contribution >= 0.6 is 0 Å². The zero-order chi connectivity index (χ0) is 14.8. The Morgan fingerprint density at radius 3 is 2.76 bits per heavy atom. The van der Waals surface area contributed by atoms with Crippen molar-refractivity contribution in [2.24, 2.45) is 0 Å². The van der Waals surface area contributed by atoms with E-state index < -0.39 is 0 Å². The number of ether oxygens (including phenoxy) is 1. The maximum absolute atomic E-state index is 11.4. The molecule has 0 atom stereocenters. The maximum atomic E-state index is 11.4. The van der Waals surface area contributed by atoms with Crippen LogP contribution in [-0.4, -0.2) is 12.5 Å². The van der Waals surface area contributed by atoms with Crippen molar-refractivity contribution < 1.29 is 9.53 Å². The summed E-state index contributed by atoms with van der Waals surface area (Å²) in [6.45, 7) is 4.38. The quantitative estimate of drug-likeness (QED) is 0.936. The van der Waals surface area contributed by atoms with E-state index in [0.717, 1.165) is 24.3 Å². The van der Waals surface area contributed by atoms with Gasteiger partial charge in [0.05, 0.1) is 5.69 Å². The molecule has 1 aliphatic rings. The second-order valence-electron chi connectivity index (χ2n) is 5.60. The molecule has 2 aromatic rings. The van der Waals surface area contributed by atoms with Gasteiger partial charge in [0.2, 0.25) is 0 Å². The Kier molecular flexibility index (Phi) is 3.65. The molecule has 2 aromatic carbocycles. The molecule has 0 spiro atoms. The van der Waals surface area contributed by atoms with E-state index in [4.69, 9.17) is 4.74 Å². The second kappa shape index (κ2) is 5.60. The fourth-order valence-electron chi connectivity index (χ4n) is 2.69. The molecule has 0 fully saturated rings. The normalized spacial score (nSPS) is 13.3. The molecule has 3 heteroatoms. The Balaban J connectivity index is 1.73. The third-order valence-electron chi connectivity index (χ3n) is 3.86. The van der Waals surface area contributed by atoms with Crippen molar-refractivity contribution in [1.82, 2.24) is 0 Å². The molecule has 0 saturated heterocycles. The molecule has 3 rings (SSSR count). The van der Waals surface area contributed by atoms with Gasteiger partial charge in [-0.1, -0.05) is 29.8 Å². The van der Waals surface area contributed by atoms with Gasteiger partial charge in [0.25, 0.3) is 5.91 Å². The maximum Gasteiger partial charge on any atom is 0.262 e. The van der Waals surface area contributed by atoms with Gasteiger partial charge < -0.3 is 10.1 Å². The Labute approximate surface area is 124 Å². The van der Waals surface area contributed by atoms with Gasteiger partial charge in [0, 0.05) is 0 Å². The van der Waals surface area contributed by atoms with E-state index in [1.54, 1.807) is 0 Å². The molecule has 1 amide bonds. The van der Waals surface area contributed by atoms with Crippen LogP contribution < -0.4 is 10.1 Å². The Morgan fingerprint density at radius 1 is 1.10 bits per heavy atom. The average molecular weight is 281 g/mol. The van der Waals surface area contributed by atoms with Crippen molar-refractivity contribution in [3.63, 3.8) is 0 Å². The van der Waals surface area contributed by atoms with Crippen LogP contribution in [0.5, 0.6) is 5.75 Å². The number of hydrogen-bond donors (Lipinski definition) is 1. The second-order valence-corrected chi connectivity index (χ2v) is 5.60. The molecular weight excluding hydrogens is 262 g/mol. The fraction of sp³-hybridized carbons (Fsp3) is 0.278. The number of hydrogen-bond acceptors (Lipinski definition) is 2. The Morgan fingerprint density at radius 2 is 1.95 bits per heavy atom. The predicted octanol–water partition coefficient (Wildman–Crippen LogP) is 3.42. The molecular formula is C18H19NO2. The monoisotopic (exact) mass is 281 g/mol. The molecule has 0 radical (unpaired) electrons. The van der Waals surface area contributed by atoms with Crippen LogP contribution in [0.25, 0.3) is 0 Å². The van der Waals surface area contributed by atoms with Gasteiger partial charge in [-0.2, -0.15) is 0 Å². The number of carbonyl (C=O) groups is 1. The van der Waals surface area contributed by atoms with Gasteiger partial charge in [0.1, 0.15) is 5.75 Å². The van der Waals surface area contributed by atoms with Crippen LogP contribution in [0.1, 0.15) is 22.3 Å². The summed E-state index contributed by atoms with van der Waals surface area (Å²) >= 11 is 0. The largest absolute Gasteiger partial charge is 0.482 e. The number of anilines is 1. The van der Waals surface area contributed by atoms with E-state index >= 15 is 0 Å². The number of benzene rings is 2. The highest BCUT2D eigenvalue weighted by Crippen LogP contribution is 2.29. The molecule has 1 N–H and O–H groups in total. The van der Waals surface area contributed by atoms with Crippen LogP contribution in [0.3, 0.4) is 0 Å². The van der Waals surface area contributed by atoms with Gasteiger partial charge in [-0.05, 0) is 55.5 Å². The Bertz CT molecular complexity index is 692. The molecule has 0 saturated carbocycles. The summed E-state index contributed by atoms with van der Waals surface area (Å²) < 4.78 is 5.37. The van der Waals surface area contributed by atoms with Crippen molar-refractivity contribution >= 4 is 11.6 Å². The highest BCUT2D eigenvalue weighted by molar-refractivity contribution is 5.95. The standard InChI is InChI=1S/C18H19NO2/c1-12-3-6-15(13(2)9-12)7-4-14-5-8-17-16(10-14)19-18(20)11-21-17/h3,5-6,8-10H,4,7,11H2,1-2H3,(H,19,20). The number of aryl methyl sites for hydroxylation is 4. The summed E-state index contributed by atoms with van der Waals surface area (Å²) in [7, 11) is 0. The lowest BCUT2D eigenvalue weighted by Gasteiger charge is -2.18. The molecule has 0 bridgehead atoms. The zero-order valence-corrected chi connectivity index (χ0v) is 12.4. The predicted molar refractivity (Wildman–Crippen MR) is 83.9 cm³/mol. The number of carbonyl (C=O) groups excluding carboxylic acids is 1. The first-order chi connectivity index (χ1) is 10.1. The van der Waals surface area contributed by atoms with E-state index in [2.05, 4.69) is 43.4 Å². The van der Waals surface area contributed by atoms with Gasteiger partial charge >= 0.3 is 0 Å². The average Bonchev–Trinajstić information content (AvgIpc) is 2.46. The molecule has 21 heavy (non-hydrogen) atoms. The van der Waals surface area contributed by atoms with Crippen LogP contribution in [0.2, 0.25) is 0 Å². The van der Waals surface area contributed by atoms with Crippen LogP contribution in [0.15, 0.2) is 36.4 Å². The van der Waals surface area contributed by atoms with Gasteiger partial charge in [-0.25, -0.2) is 0 Å². The first kappa shape index (κ1) is 13.7. The third-order valence-corrected chi connectivity index (χ3v) is 3.86. The van der Waals surface area contributed by atoms with Crippen molar-refractivity contribution in [1.29, 1.82) is 0 Å². The first-order valence-electron chi connectivity index (χ1n) is 7.23. The molecule has 0 aliphatic carbocycles. The summed E-state index contributed by atoms with van der Waals surface area (Å²) in [6, 6.07) is 12.6. The minimum Gasteiger partial charge on any atom is -0.482 e. The molecule has 1 aliphatic heterocycles. The molecule has 1 heterocycles. The summed E-state index contributed by atoms with van der Waals surface area (Å²) in [5.41, 5.74) is 6.00. The van der Waals surface area contributed by atoms with Crippen molar-refractivity contribution in [3.05, 3.63) is 58.7 Å². The van der Waals surface area contributed by atoms with Crippen molar-refractivity contribution in [2.45, 2.75) is 26.7 Å². The van der Waals surface area contributed by atoms with Crippen molar-refractivity contribution in [3.8, 4) is 5.75 Å². The van der Waals surface area contributed by atoms with E-state index in [1.807, 2.05) is 12.1 Å². The number of amides is 1. The van der Waals surface area contributed by atoms with E-state index in [0.29, 0.717) is 0 Å². The smallest absolute Gasteiger partial charge is 0.262 e. The van der Waals surface area contributed by atoms with Gasteiger partial charge in [-0.15, -0.1) is 0 Å². The lowest BCUT2D eigenvalue weighted by atomic mass is 9.98. The highest BCUT2D eigenvalue weighted by atomic mass is 16.5. The lowest BCUT2D eigenvalue weighted by molar-refractivity contribution is -0.118. The van der Waals surface area contributed by atoms with E-state index in [9.17, 15) is 4.79 Å². The molecule has 0 unspecified atom stereocenters. The van der Waals surface area contributed by atoms with E-state index in [-0.39, 0.29) is 12.5 Å². The van der Waals surface area contributed by atoms with Gasteiger partial charge in [-0.3, -0.25) is 4.79 Å². The Hall–Kier alpha value is -2.29. The zero-order valence-electron chi connectivity index (χ0n) is 12.4.